The van der Waals surface area contributed by atoms with Crippen LogP contribution in [0.5, 0.6) is 0 Å². The Kier molecular flexibility index (Phi) is 11.2. The predicted molar refractivity (Wildman–Crippen MR) is 48.3 cm³/mol. The summed E-state index contributed by atoms with van der Waals surface area (Å²) in [7, 11) is 3.95. The smallest absolute Gasteiger partial charge is 0.217 e. The summed E-state index contributed by atoms with van der Waals surface area (Å²) in [4.78, 5) is 12.2. The normalized spacial score (nSPS) is 8.82. The van der Waals surface area contributed by atoms with Crippen molar-refractivity contribution in [3.63, 3.8) is 0 Å². The van der Waals surface area contributed by atoms with Gasteiger partial charge in [0.15, 0.2) is 0 Å². The third-order valence-corrected chi connectivity index (χ3v) is 1.03. The summed E-state index contributed by atoms with van der Waals surface area (Å²) >= 11 is 0. The van der Waals surface area contributed by atoms with Crippen LogP contribution in [-0.4, -0.2) is 31.4 Å². The largest absolute Gasteiger partial charge is 0.370 e. The molecule has 0 unspecified atom stereocenters. The minimum Gasteiger partial charge on any atom is -0.370 e. The van der Waals surface area contributed by atoms with Crippen LogP contribution in [0.25, 0.3) is 0 Å². The summed E-state index contributed by atoms with van der Waals surface area (Å²) < 4.78 is 0. The van der Waals surface area contributed by atoms with Crippen LogP contribution in [0.4, 0.5) is 0 Å². The maximum absolute atomic E-state index is 10.2. The first-order valence-corrected chi connectivity index (χ1v) is 4.06. The molecule has 0 atom stereocenters. The molecule has 2 N–H and O–H groups in total. The van der Waals surface area contributed by atoms with Gasteiger partial charge in [-0.05, 0) is 27.1 Å². The second-order valence-corrected chi connectivity index (χ2v) is 2.37. The summed E-state index contributed by atoms with van der Waals surface area (Å²) in [5.41, 5.74) is 4.92. The van der Waals surface area contributed by atoms with Crippen molar-refractivity contribution in [2.45, 2.75) is 26.7 Å². The molecule has 0 radical (unpaired) electrons. The molecule has 0 aromatic rings. The van der Waals surface area contributed by atoms with Crippen molar-refractivity contribution < 1.29 is 4.79 Å². The fourth-order valence-electron chi connectivity index (χ4n) is 0.570. The van der Waals surface area contributed by atoms with Gasteiger partial charge in [-0.2, -0.15) is 0 Å². The molecule has 3 heteroatoms. The van der Waals surface area contributed by atoms with E-state index in [9.17, 15) is 4.79 Å². The highest BCUT2D eigenvalue weighted by Gasteiger charge is 1.93. The highest BCUT2D eigenvalue weighted by Crippen LogP contribution is 1.87. The Bertz CT molecular complexity index is 92.1. The molecule has 0 aliphatic rings. The topological polar surface area (TPSA) is 46.3 Å². The molecule has 0 aliphatic carbocycles. The molecule has 0 saturated heterocycles. The van der Waals surface area contributed by atoms with Gasteiger partial charge in [0.25, 0.3) is 0 Å². The maximum atomic E-state index is 10.2. The fourth-order valence-corrected chi connectivity index (χ4v) is 0.570. The van der Waals surface area contributed by atoms with Gasteiger partial charge in [0.1, 0.15) is 0 Å². The highest BCUT2D eigenvalue weighted by molar-refractivity contribution is 5.73. The van der Waals surface area contributed by atoms with Crippen molar-refractivity contribution in [3.05, 3.63) is 0 Å². The number of rotatable bonds is 4. The fraction of sp³-hybridized carbons (Fsp3) is 0.875. The Morgan fingerprint density at radius 3 is 2.09 bits per heavy atom. The number of amides is 1. The van der Waals surface area contributed by atoms with Crippen molar-refractivity contribution in [3.8, 4) is 0 Å². The first-order chi connectivity index (χ1) is 5.13. The van der Waals surface area contributed by atoms with E-state index in [0.717, 1.165) is 13.0 Å². The van der Waals surface area contributed by atoms with Crippen LogP contribution in [-0.2, 0) is 4.79 Å². The SMILES string of the molecule is CC.CN(C)CCCC(N)=O. The van der Waals surface area contributed by atoms with Gasteiger partial charge in [0.05, 0.1) is 0 Å². The van der Waals surface area contributed by atoms with Crippen molar-refractivity contribution in [2.24, 2.45) is 5.73 Å². The molecule has 1 amide bonds. The predicted octanol–water partition coefficient (Wildman–Crippen LogP) is 0.840. The molecule has 0 bridgehead atoms. The number of hydrogen-bond donors (Lipinski definition) is 1. The minimum absolute atomic E-state index is 0.211. The molecular formula is C8H20N2O. The lowest BCUT2D eigenvalue weighted by Gasteiger charge is -2.06. The van der Waals surface area contributed by atoms with Crippen molar-refractivity contribution >= 4 is 5.91 Å². The Hall–Kier alpha value is -0.570. The van der Waals surface area contributed by atoms with Crippen LogP contribution in [0.1, 0.15) is 26.7 Å². The third kappa shape index (κ3) is 17.7. The molecule has 0 fully saturated rings. The zero-order valence-electron chi connectivity index (χ0n) is 8.05. The number of hydrogen-bond acceptors (Lipinski definition) is 2. The molecule has 0 saturated carbocycles. The standard InChI is InChI=1S/C6H14N2O.C2H6/c1-8(2)5-3-4-6(7)9;1-2/h3-5H2,1-2H3,(H2,7,9);1-2H3. The van der Waals surface area contributed by atoms with Crippen LogP contribution < -0.4 is 5.73 Å². The van der Waals surface area contributed by atoms with Crippen molar-refractivity contribution in [1.82, 2.24) is 4.90 Å². The lowest BCUT2D eigenvalue weighted by Crippen LogP contribution is -2.17. The Morgan fingerprint density at radius 1 is 1.36 bits per heavy atom. The van der Waals surface area contributed by atoms with E-state index in [1.807, 2.05) is 32.8 Å². The Labute approximate surface area is 69.6 Å². The molecule has 0 aromatic heterocycles. The molecule has 0 rings (SSSR count). The first-order valence-electron chi connectivity index (χ1n) is 4.06. The zero-order chi connectivity index (χ0) is 9.28. The second kappa shape index (κ2) is 9.43. The van der Waals surface area contributed by atoms with E-state index in [1.54, 1.807) is 0 Å². The van der Waals surface area contributed by atoms with E-state index in [1.165, 1.54) is 0 Å². The summed E-state index contributed by atoms with van der Waals surface area (Å²) in [6, 6.07) is 0. The third-order valence-electron chi connectivity index (χ3n) is 1.03. The van der Waals surface area contributed by atoms with E-state index in [2.05, 4.69) is 0 Å². The molecule has 0 spiro atoms. The van der Waals surface area contributed by atoms with E-state index in [0.29, 0.717) is 6.42 Å². The highest BCUT2D eigenvalue weighted by atomic mass is 16.1. The van der Waals surface area contributed by atoms with Crippen LogP contribution in [0, 0.1) is 0 Å². The van der Waals surface area contributed by atoms with Crippen molar-refractivity contribution in [2.75, 3.05) is 20.6 Å². The van der Waals surface area contributed by atoms with E-state index in [-0.39, 0.29) is 5.91 Å². The van der Waals surface area contributed by atoms with Crippen molar-refractivity contribution in [1.29, 1.82) is 0 Å². The lowest BCUT2D eigenvalue weighted by atomic mass is 10.3. The van der Waals surface area contributed by atoms with Crippen LogP contribution in [0.3, 0.4) is 0 Å². The molecular weight excluding hydrogens is 140 g/mol. The summed E-state index contributed by atoms with van der Waals surface area (Å²) in [6.07, 6.45) is 1.36. The quantitative estimate of drug-likeness (QED) is 0.662. The van der Waals surface area contributed by atoms with Gasteiger partial charge in [-0.15, -0.1) is 0 Å². The van der Waals surface area contributed by atoms with Gasteiger partial charge in [-0.25, -0.2) is 0 Å². The molecule has 11 heavy (non-hydrogen) atoms. The maximum Gasteiger partial charge on any atom is 0.217 e. The summed E-state index contributed by atoms with van der Waals surface area (Å²) in [6.45, 7) is 4.93. The molecule has 0 aromatic carbocycles. The Balaban J connectivity index is 0. The minimum atomic E-state index is -0.211. The van der Waals surface area contributed by atoms with E-state index in [4.69, 9.17) is 5.73 Å². The molecule has 68 valence electrons. The number of carbonyl (C=O) groups is 1. The second-order valence-electron chi connectivity index (χ2n) is 2.37. The van der Waals surface area contributed by atoms with E-state index >= 15 is 0 Å². The van der Waals surface area contributed by atoms with Crippen LogP contribution >= 0.6 is 0 Å². The lowest BCUT2D eigenvalue weighted by molar-refractivity contribution is -0.118. The Morgan fingerprint density at radius 2 is 1.82 bits per heavy atom. The van der Waals surface area contributed by atoms with Gasteiger partial charge >= 0.3 is 0 Å². The van der Waals surface area contributed by atoms with Gasteiger partial charge in [-0.3, -0.25) is 4.79 Å². The molecule has 3 nitrogen and oxygen atoms in total. The average molecular weight is 160 g/mol. The van der Waals surface area contributed by atoms with Gasteiger partial charge in [0, 0.05) is 6.42 Å². The number of primary amides is 1. The number of carbonyl (C=O) groups excluding carboxylic acids is 1. The van der Waals surface area contributed by atoms with Gasteiger partial charge in [0.2, 0.25) is 5.91 Å². The summed E-state index contributed by atoms with van der Waals surface area (Å²) in [5.74, 6) is -0.211. The van der Waals surface area contributed by atoms with Crippen LogP contribution in [0.2, 0.25) is 0 Å². The van der Waals surface area contributed by atoms with E-state index < -0.39 is 0 Å². The first kappa shape index (κ1) is 13.1. The van der Waals surface area contributed by atoms with Gasteiger partial charge in [-0.1, -0.05) is 13.8 Å². The monoisotopic (exact) mass is 160 g/mol. The number of nitrogens with zero attached hydrogens (tertiary/aromatic N) is 1. The average Bonchev–Trinajstić information content (AvgIpc) is 1.90. The number of nitrogens with two attached hydrogens (primary N) is 1. The van der Waals surface area contributed by atoms with Gasteiger partial charge < -0.3 is 10.6 Å². The molecule has 0 heterocycles. The van der Waals surface area contributed by atoms with Crippen LogP contribution in [0.15, 0.2) is 0 Å². The summed E-state index contributed by atoms with van der Waals surface area (Å²) in [5, 5.41) is 0. The molecule has 0 aliphatic heterocycles. The zero-order valence-corrected chi connectivity index (χ0v) is 8.05.